The highest BCUT2D eigenvalue weighted by atomic mass is 19.3. The topological polar surface area (TPSA) is 63.9 Å². The number of alkyl halides is 2. The number of imidazole rings is 1. The summed E-state index contributed by atoms with van der Waals surface area (Å²) in [6.07, 6.45) is 5.80. The minimum Gasteiger partial charge on any atom is -0.334 e. The van der Waals surface area contributed by atoms with E-state index in [2.05, 4.69) is 15.0 Å². The van der Waals surface area contributed by atoms with E-state index in [1.54, 1.807) is 25.5 Å². The summed E-state index contributed by atoms with van der Waals surface area (Å²) in [6, 6.07) is 12.7. The van der Waals surface area contributed by atoms with Gasteiger partial charge < -0.3 is 4.90 Å². The first-order valence-electron chi connectivity index (χ1n) is 8.90. The fourth-order valence-corrected chi connectivity index (χ4v) is 3.16. The third-order valence-electron chi connectivity index (χ3n) is 4.61. The van der Waals surface area contributed by atoms with E-state index in [0.717, 1.165) is 10.1 Å². The smallest absolute Gasteiger partial charge is 0.319 e. The molecule has 0 fully saturated rings. The Labute approximate surface area is 165 Å². The van der Waals surface area contributed by atoms with Crippen LogP contribution in [0, 0.1) is 0 Å². The van der Waals surface area contributed by atoms with Gasteiger partial charge in [-0.05, 0) is 24.3 Å². The van der Waals surface area contributed by atoms with Gasteiger partial charge in [-0.15, -0.1) is 0 Å². The van der Waals surface area contributed by atoms with Crippen LogP contribution in [-0.2, 0) is 6.54 Å². The standard InChI is InChI=1S/C21H17F2N5O/c1-27(13-19-25-10-11-28(19)21(22)23)20(29)16-12-18(14-6-8-24-9-7-14)26-17-5-3-2-4-15(16)17/h2-12,21H,13H2,1H3. The molecule has 1 amide bonds. The fourth-order valence-electron chi connectivity index (χ4n) is 3.16. The second-order valence-corrected chi connectivity index (χ2v) is 6.50. The second-order valence-electron chi connectivity index (χ2n) is 6.50. The van der Waals surface area contributed by atoms with Gasteiger partial charge in [-0.1, -0.05) is 18.2 Å². The molecule has 3 aromatic heterocycles. The van der Waals surface area contributed by atoms with Gasteiger partial charge in [-0.3, -0.25) is 14.3 Å². The first-order chi connectivity index (χ1) is 14.0. The van der Waals surface area contributed by atoms with E-state index in [1.165, 1.54) is 17.3 Å². The van der Waals surface area contributed by atoms with Gasteiger partial charge in [0.2, 0.25) is 0 Å². The monoisotopic (exact) mass is 393 g/mol. The number of pyridine rings is 2. The molecule has 0 N–H and O–H groups in total. The lowest BCUT2D eigenvalue weighted by molar-refractivity contribution is 0.0613. The Morgan fingerprint density at radius 1 is 1.14 bits per heavy atom. The largest absolute Gasteiger partial charge is 0.334 e. The number of carbonyl (C=O) groups excluding carboxylic acids is 1. The maximum absolute atomic E-state index is 13.2. The van der Waals surface area contributed by atoms with Gasteiger partial charge in [0.25, 0.3) is 5.91 Å². The lowest BCUT2D eigenvalue weighted by Crippen LogP contribution is -2.28. The first kappa shape index (κ1) is 18.7. The zero-order valence-corrected chi connectivity index (χ0v) is 15.5. The number of amides is 1. The van der Waals surface area contributed by atoms with Crippen LogP contribution in [0.4, 0.5) is 8.78 Å². The van der Waals surface area contributed by atoms with Crippen molar-refractivity contribution in [2.75, 3.05) is 7.05 Å². The second kappa shape index (κ2) is 7.75. The molecule has 0 bridgehead atoms. The zero-order valence-electron chi connectivity index (χ0n) is 15.5. The molecule has 0 radical (unpaired) electrons. The van der Waals surface area contributed by atoms with Crippen LogP contribution in [0.15, 0.2) is 67.3 Å². The Morgan fingerprint density at radius 3 is 2.66 bits per heavy atom. The molecule has 0 atom stereocenters. The van der Waals surface area contributed by atoms with Gasteiger partial charge in [-0.2, -0.15) is 8.78 Å². The summed E-state index contributed by atoms with van der Waals surface area (Å²) in [4.78, 5) is 27.2. The Hall–Kier alpha value is -3.68. The average Bonchev–Trinajstić information content (AvgIpc) is 3.21. The highest BCUT2D eigenvalue weighted by Gasteiger charge is 2.20. The van der Waals surface area contributed by atoms with Crippen molar-refractivity contribution in [3.8, 4) is 11.3 Å². The molecule has 0 unspecified atom stereocenters. The van der Waals surface area contributed by atoms with E-state index in [4.69, 9.17) is 0 Å². The number of rotatable bonds is 5. The van der Waals surface area contributed by atoms with Gasteiger partial charge in [-0.25, -0.2) is 9.97 Å². The molecule has 1 aromatic carbocycles. The Balaban J connectivity index is 1.74. The molecular formula is C21H17F2N5O. The van der Waals surface area contributed by atoms with Crippen molar-refractivity contribution < 1.29 is 13.6 Å². The Bertz CT molecular complexity index is 1160. The van der Waals surface area contributed by atoms with Crippen LogP contribution in [0.2, 0.25) is 0 Å². The molecule has 29 heavy (non-hydrogen) atoms. The SMILES string of the molecule is CN(Cc1nccn1C(F)F)C(=O)c1cc(-c2ccncc2)nc2ccccc12. The lowest BCUT2D eigenvalue weighted by Gasteiger charge is -2.19. The van der Waals surface area contributed by atoms with Gasteiger partial charge in [0.1, 0.15) is 5.82 Å². The summed E-state index contributed by atoms with van der Waals surface area (Å²) >= 11 is 0. The van der Waals surface area contributed by atoms with E-state index >= 15 is 0 Å². The maximum Gasteiger partial charge on any atom is 0.319 e. The average molecular weight is 393 g/mol. The van der Waals surface area contributed by atoms with Crippen molar-refractivity contribution in [1.82, 2.24) is 24.4 Å². The fraction of sp³-hybridized carbons (Fsp3) is 0.143. The van der Waals surface area contributed by atoms with Crippen LogP contribution in [0.3, 0.4) is 0 Å². The van der Waals surface area contributed by atoms with Crippen molar-refractivity contribution in [2.24, 2.45) is 0 Å². The summed E-state index contributed by atoms with van der Waals surface area (Å²) in [6.45, 7) is -2.76. The summed E-state index contributed by atoms with van der Waals surface area (Å²) in [5.74, 6) is -0.189. The molecule has 146 valence electrons. The van der Waals surface area contributed by atoms with Crippen LogP contribution in [-0.4, -0.2) is 37.4 Å². The number of halogens is 2. The number of nitrogens with zero attached hydrogens (tertiary/aromatic N) is 5. The number of carbonyl (C=O) groups is 1. The Morgan fingerprint density at radius 2 is 1.90 bits per heavy atom. The van der Waals surface area contributed by atoms with Crippen molar-refractivity contribution in [1.29, 1.82) is 0 Å². The van der Waals surface area contributed by atoms with Gasteiger partial charge in [0, 0.05) is 42.8 Å². The third-order valence-corrected chi connectivity index (χ3v) is 4.61. The van der Waals surface area contributed by atoms with E-state index in [1.807, 2.05) is 36.4 Å². The minimum absolute atomic E-state index is 0.0442. The lowest BCUT2D eigenvalue weighted by atomic mass is 10.0. The third kappa shape index (κ3) is 3.69. The molecule has 0 aliphatic carbocycles. The molecule has 4 aromatic rings. The molecule has 0 aliphatic heterocycles. The molecule has 3 heterocycles. The summed E-state index contributed by atoms with van der Waals surface area (Å²) in [5.41, 5.74) is 2.58. The number of benzene rings is 1. The van der Waals surface area contributed by atoms with Crippen molar-refractivity contribution in [3.63, 3.8) is 0 Å². The molecule has 0 aliphatic rings. The predicted molar refractivity (Wildman–Crippen MR) is 104 cm³/mol. The molecule has 8 heteroatoms. The van der Waals surface area contributed by atoms with Gasteiger partial charge >= 0.3 is 6.55 Å². The van der Waals surface area contributed by atoms with E-state index in [-0.39, 0.29) is 18.3 Å². The molecule has 4 rings (SSSR count). The van der Waals surface area contributed by atoms with Crippen molar-refractivity contribution in [2.45, 2.75) is 13.1 Å². The number of hydrogen-bond acceptors (Lipinski definition) is 4. The van der Waals surface area contributed by atoms with Crippen molar-refractivity contribution >= 4 is 16.8 Å². The number of aromatic nitrogens is 4. The summed E-state index contributed by atoms with van der Waals surface area (Å²) in [7, 11) is 1.56. The molecule has 0 saturated heterocycles. The summed E-state index contributed by atoms with van der Waals surface area (Å²) < 4.78 is 26.9. The molecule has 6 nitrogen and oxygen atoms in total. The number of fused-ring (bicyclic) bond motifs is 1. The van der Waals surface area contributed by atoms with Crippen LogP contribution in [0.1, 0.15) is 22.7 Å². The van der Waals surface area contributed by atoms with Crippen molar-refractivity contribution in [3.05, 3.63) is 78.6 Å². The normalized spacial score (nSPS) is 11.2. The predicted octanol–water partition coefficient (Wildman–Crippen LogP) is 4.16. The van der Waals surface area contributed by atoms with E-state index < -0.39 is 6.55 Å². The zero-order chi connectivity index (χ0) is 20.4. The van der Waals surface area contributed by atoms with Crippen LogP contribution in [0.25, 0.3) is 22.2 Å². The van der Waals surface area contributed by atoms with Gasteiger partial charge in [0.05, 0.1) is 23.3 Å². The quantitative estimate of drug-likeness (QED) is 0.511. The molecular weight excluding hydrogens is 376 g/mol. The van der Waals surface area contributed by atoms with Crippen LogP contribution in [0.5, 0.6) is 0 Å². The highest BCUT2D eigenvalue weighted by molar-refractivity contribution is 6.07. The molecule has 0 saturated carbocycles. The highest BCUT2D eigenvalue weighted by Crippen LogP contribution is 2.26. The van der Waals surface area contributed by atoms with E-state index in [9.17, 15) is 13.6 Å². The maximum atomic E-state index is 13.2. The number of para-hydroxylation sites is 1. The van der Waals surface area contributed by atoms with Crippen LogP contribution < -0.4 is 0 Å². The minimum atomic E-state index is -2.71. The van der Waals surface area contributed by atoms with E-state index in [0.29, 0.717) is 22.2 Å². The van der Waals surface area contributed by atoms with Crippen LogP contribution >= 0.6 is 0 Å². The first-order valence-corrected chi connectivity index (χ1v) is 8.90. The number of hydrogen-bond donors (Lipinski definition) is 0. The van der Waals surface area contributed by atoms with Gasteiger partial charge in [0.15, 0.2) is 0 Å². The Kier molecular flexibility index (Phi) is 4.99. The molecule has 0 spiro atoms. The summed E-state index contributed by atoms with van der Waals surface area (Å²) in [5, 5.41) is 0.694.